The lowest BCUT2D eigenvalue weighted by atomic mass is 10.1. The second-order valence-electron chi connectivity index (χ2n) is 4.95. The van der Waals surface area contributed by atoms with Crippen LogP contribution in [-0.4, -0.2) is 19.1 Å². The Balaban J connectivity index is 2.88. The monoisotopic (exact) mass is 312 g/mol. The summed E-state index contributed by atoms with van der Waals surface area (Å²) in [6.07, 6.45) is 3.28. The van der Waals surface area contributed by atoms with Gasteiger partial charge in [-0.2, -0.15) is 0 Å². The lowest BCUT2D eigenvalue weighted by molar-refractivity contribution is 0.733. The van der Waals surface area contributed by atoms with Gasteiger partial charge in [-0.1, -0.05) is 19.9 Å². The Bertz CT molecular complexity index is 358. The van der Waals surface area contributed by atoms with Crippen LogP contribution in [0.5, 0.6) is 0 Å². The van der Waals surface area contributed by atoms with E-state index in [4.69, 9.17) is 5.73 Å². The molecular formula is C15H25BrN2. The molecule has 0 bridgehead atoms. The Kier molecular flexibility index (Phi) is 6.72. The fraction of sp³-hybridized carbons (Fsp3) is 0.600. The molecule has 1 rings (SSSR count). The molecule has 0 aliphatic rings. The van der Waals surface area contributed by atoms with Gasteiger partial charge in [0.25, 0.3) is 0 Å². The standard InChI is InChI=1S/C15H25BrN2/c1-4-8-18(9-5-2)15-7-6-13(10-12(3)17)11-14(15)16/h6-7,11-12H,4-5,8-10,17H2,1-3H3. The van der Waals surface area contributed by atoms with Crippen molar-refractivity contribution < 1.29 is 0 Å². The van der Waals surface area contributed by atoms with Crippen LogP contribution < -0.4 is 10.6 Å². The van der Waals surface area contributed by atoms with Gasteiger partial charge >= 0.3 is 0 Å². The van der Waals surface area contributed by atoms with Crippen molar-refractivity contribution in [2.24, 2.45) is 5.73 Å². The van der Waals surface area contributed by atoms with E-state index < -0.39 is 0 Å². The summed E-state index contributed by atoms with van der Waals surface area (Å²) in [6.45, 7) is 8.71. The highest BCUT2D eigenvalue weighted by Gasteiger charge is 2.09. The van der Waals surface area contributed by atoms with Gasteiger partial charge in [0.1, 0.15) is 0 Å². The third kappa shape index (κ3) is 4.62. The fourth-order valence-electron chi connectivity index (χ4n) is 2.20. The van der Waals surface area contributed by atoms with Gasteiger partial charge in [0.2, 0.25) is 0 Å². The SMILES string of the molecule is CCCN(CCC)c1ccc(CC(C)N)cc1Br. The molecule has 0 aromatic heterocycles. The molecule has 0 heterocycles. The summed E-state index contributed by atoms with van der Waals surface area (Å²) in [5.41, 5.74) is 8.44. The second kappa shape index (κ2) is 7.80. The largest absolute Gasteiger partial charge is 0.371 e. The van der Waals surface area contributed by atoms with Crippen LogP contribution in [0.3, 0.4) is 0 Å². The average molecular weight is 313 g/mol. The lowest BCUT2D eigenvalue weighted by Crippen LogP contribution is -2.25. The normalized spacial score (nSPS) is 12.5. The van der Waals surface area contributed by atoms with E-state index in [1.54, 1.807) is 0 Å². The number of hydrogen-bond acceptors (Lipinski definition) is 2. The first-order valence-corrected chi connectivity index (χ1v) is 7.66. The molecule has 18 heavy (non-hydrogen) atoms. The Morgan fingerprint density at radius 1 is 1.22 bits per heavy atom. The summed E-state index contributed by atoms with van der Waals surface area (Å²) < 4.78 is 1.18. The van der Waals surface area contributed by atoms with Crippen molar-refractivity contribution in [2.75, 3.05) is 18.0 Å². The Morgan fingerprint density at radius 3 is 2.28 bits per heavy atom. The summed E-state index contributed by atoms with van der Waals surface area (Å²) in [4.78, 5) is 2.44. The molecule has 1 unspecified atom stereocenters. The first-order valence-electron chi connectivity index (χ1n) is 6.87. The molecule has 0 amide bonds. The minimum Gasteiger partial charge on any atom is -0.371 e. The van der Waals surface area contributed by atoms with Crippen molar-refractivity contribution in [1.82, 2.24) is 0 Å². The van der Waals surface area contributed by atoms with Gasteiger partial charge in [-0.15, -0.1) is 0 Å². The van der Waals surface area contributed by atoms with Crippen molar-refractivity contribution >= 4 is 21.6 Å². The number of nitrogens with zero attached hydrogens (tertiary/aromatic N) is 1. The highest BCUT2D eigenvalue weighted by Crippen LogP contribution is 2.28. The average Bonchev–Trinajstić information content (AvgIpc) is 2.28. The zero-order chi connectivity index (χ0) is 13.5. The molecule has 0 aliphatic heterocycles. The number of hydrogen-bond donors (Lipinski definition) is 1. The molecule has 1 aromatic carbocycles. The molecule has 0 radical (unpaired) electrons. The summed E-state index contributed by atoms with van der Waals surface area (Å²) in [5, 5.41) is 0. The summed E-state index contributed by atoms with van der Waals surface area (Å²) in [7, 11) is 0. The highest BCUT2D eigenvalue weighted by molar-refractivity contribution is 9.10. The van der Waals surface area contributed by atoms with Gasteiger partial charge in [-0.3, -0.25) is 0 Å². The quantitative estimate of drug-likeness (QED) is 0.825. The molecule has 1 aromatic rings. The van der Waals surface area contributed by atoms with E-state index in [0.29, 0.717) is 0 Å². The molecule has 3 heteroatoms. The van der Waals surface area contributed by atoms with Crippen LogP contribution in [0.15, 0.2) is 22.7 Å². The molecule has 1 atom stereocenters. The Hall–Kier alpha value is -0.540. The number of anilines is 1. The smallest absolute Gasteiger partial charge is 0.0510 e. The molecule has 0 aliphatic carbocycles. The van der Waals surface area contributed by atoms with E-state index in [-0.39, 0.29) is 6.04 Å². The second-order valence-corrected chi connectivity index (χ2v) is 5.81. The van der Waals surface area contributed by atoms with Gasteiger partial charge in [0.05, 0.1) is 5.69 Å². The Morgan fingerprint density at radius 2 is 1.83 bits per heavy atom. The number of halogens is 1. The van der Waals surface area contributed by atoms with Crippen molar-refractivity contribution in [2.45, 2.75) is 46.1 Å². The first kappa shape index (κ1) is 15.5. The molecule has 0 spiro atoms. The van der Waals surface area contributed by atoms with Crippen molar-refractivity contribution in [3.8, 4) is 0 Å². The van der Waals surface area contributed by atoms with E-state index in [2.05, 4.69) is 52.9 Å². The van der Waals surface area contributed by atoms with E-state index in [1.807, 2.05) is 6.92 Å². The predicted octanol–water partition coefficient (Wildman–Crippen LogP) is 3.97. The topological polar surface area (TPSA) is 29.3 Å². The van der Waals surface area contributed by atoms with Gasteiger partial charge in [0.15, 0.2) is 0 Å². The summed E-state index contributed by atoms with van der Waals surface area (Å²) >= 11 is 3.70. The van der Waals surface area contributed by atoms with Crippen molar-refractivity contribution in [3.05, 3.63) is 28.2 Å². The number of nitrogens with two attached hydrogens (primary N) is 1. The van der Waals surface area contributed by atoms with Crippen LogP contribution in [0.1, 0.15) is 39.2 Å². The predicted molar refractivity (Wildman–Crippen MR) is 84.3 cm³/mol. The highest BCUT2D eigenvalue weighted by atomic mass is 79.9. The minimum absolute atomic E-state index is 0.213. The Labute approximate surface area is 120 Å². The molecular weight excluding hydrogens is 288 g/mol. The minimum atomic E-state index is 0.213. The maximum absolute atomic E-state index is 5.84. The first-order chi connectivity index (χ1) is 8.58. The van der Waals surface area contributed by atoms with Gasteiger partial charge in [0, 0.05) is 23.6 Å². The van der Waals surface area contributed by atoms with Crippen molar-refractivity contribution in [1.29, 1.82) is 0 Å². The van der Waals surface area contributed by atoms with E-state index in [1.165, 1.54) is 28.6 Å². The van der Waals surface area contributed by atoms with Gasteiger partial charge in [-0.25, -0.2) is 0 Å². The number of rotatable bonds is 7. The van der Waals surface area contributed by atoms with E-state index in [9.17, 15) is 0 Å². The van der Waals surface area contributed by atoms with Crippen LogP contribution in [-0.2, 0) is 6.42 Å². The number of benzene rings is 1. The van der Waals surface area contributed by atoms with Crippen molar-refractivity contribution in [3.63, 3.8) is 0 Å². The van der Waals surface area contributed by atoms with E-state index in [0.717, 1.165) is 19.5 Å². The third-order valence-corrected chi connectivity index (χ3v) is 3.53. The zero-order valence-electron chi connectivity index (χ0n) is 11.7. The van der Waals surface area contributed by atoms with Crippen LogP contribution >= 0.6 is 15.9 Å². The van der Waals surface area contributed by atoms with Gasteiger partial charge < -0.3 is 10.6 Å². The molecule has 2 N–H and O–H groups in total. The fourth-order valence-corrected chi connectivity index (χ4v) is 2.88. The van der Waals surface area contributed by atoms with E-state index >= 15 is 0 Å². The maximum atomic E-state index is 5.84. The molecule has 2 nitrogen and oxygen atoms in total. The molecule has 0 saturated carbocycles. The van der Waals surface area contributed by atoms with Crippen LogP contribution in [0, 0.1) is 0 Å². The molecule has 0 saturated heterocycles. The van der Waals surface area contributed by atoms with Crippen LogP contribution in [0.4, 0.5) is 5.69 Å². The molecule has 102 valence electrons. The summed E-state index contributed by atoms with van der Waals surface area (Å²) in [5.74, 6) is 0. The lowest BCUT2D eigenvalue weighted by Gasteiger charge is -2.25. The zero-order valence-corrected chi connectivity index (χ0v) is 13.3. The third-order valence-electron chi connectivity index (χ3n) is 2.90. The molecule has 0 fully saturated rings. The summed E-state index contributed by atoms with van der Waals surface area (Å²) in [6, 6.07) is 6.83. The van der Waals surface area contributed by atoms with Crippen LogP contribution in [0.2, 0.25) is 0 Å². The van der Waals surface area contributed by atoms with Gasteiger partial charge in [-0.05, 0) is 59.8 Å². The maximum Gasteiger partial charge on any atom is 0.0510 e. The van der Waals surface area contributed by atoms with Crippen LogP contribution in [0.25, 0.3) is 0 Å².